The minimum atomic E-state index is -0.385. The zero-order chi connectivity index (χ0) is 23.2. The average molecular weight is 456 g/mol. The van der Waals surface area contributed by atoms with Crippen molar-refractivity contribution in [3.8, 4) is 11.1 Å². The molecule has 6 rings (SSSR count). The highest BCUT2D eigenvalue weighted by Crippen LogP contribution is 2.39. The number of carbonyl (C=O) groups is 2. The molecule has 0 aromatic carbocycles. The number of hydrogen-bond donors (Lipinski definition) is 2. The summed E-state index contributed by atoms with van der Waals surface area (Å²) in [5, 5.41) is 12.8. The van der Waals surface area contributed by atoms with Crippen LogP contribution in [0.2, 0.25) is 0 Å². The molecule has 1 atom stereocenters. The normalized spacial score (nSPS) is 22.1. The van der Waals surface area contributed by atoms with Gasteiger partial charge in [0.1, 0.15) is 11.7 Å². The predicted molar refractivity (Wildman–Crippen MR) is 127 cm³/mol. The maximum absolute atomic E-state index is 12.8. The lowest BCUT2D eigenvalue weighted by atomic mass is 9.78. The number of likely N-dealkylation sites (tertiary alicyclic amines) is 1. The maximum Gasteiger partial charge on any atom is 0.246 e. The summed E-state index contributed by atoms with van der Waals surface area (Å²) in [6, 6.07) is 7.81. The molecule has 5 heterocycles. The average Bonchev–Trinajstić information content (AvgIpc) is 3.57. The number of fused-ring (bicyclic) bond motifs is 2. The Hall–Kier alpha value is -4.01. The highest BCUT2D eigenvalue weighted by atomic mass is 16.2. The van der Waals surface area contributed by atoms with Gasteiger partial charge >= 0.3 is 0 Å². The molecular weight excluding hydrogens is 430 g/mol. The van der Waals surface area contributed by atoms with Gasteiger partial charge in [-0.15, -0.1) is 0 Å². The van der Waals surface area contributed by atoms with Gasteiger partial charge in [-0.2, -0.15) is 14.8 Å². The maximum atomic E-state index is 12.8. The van der Waals surface area contributed by atoms with Crippen LogP contribution in [0.3, 0.4) is 0 Å². The summed E-state index contributed by atoms with van der Waals surface area (Å²) >= 11 is 0. The summed E-state index contributed by atoms with van der Waals surface area (Å²) in [7, 11) is 0. The van der Waals surface area contributed by atoms with Crippen LogP contribution in [0, 0.1) is 0 Å². The van der Waals surface area contributed by atoms with Crippen molar-refractivity contribution in [3.63, 3.8) is 0 Å². The van der Waals surface area contributed by atoms with Gasteiger partial charge in [-0.05, 0) is 61.6 Å². The van der Waals surface area contributed by atoms with Crippen molar-refractivity contribution in [1.29, 1.82) is 0 Å². The molecule has 0 bridgehead atoms. The number of amides is 2. The van der Waals surface area contributed by atoms with Gasteiger partial charge in [0, 0.05) is 47.5 Å². The molecule has 172 valence electrons. The topological polar surface area (TPSA) is 108 Å². The molecule has 2 N–H and O–H groups in total. The Balaban J connectivity index is 1.17. The number of hydrogen-bond acceptors (Lipinski definition) is 5. The smallest absolute Gasteiger partial charge is 0.246 e. The lowest BCUT2D eigenvalue weighted by Crippen LogP contribution is -2.51. The summed E-state index contributed by atoms with van der Waals surface area (Å²) in [4.78, 5) is 34.4. The van der Waals surface area contributed by atoms with Gasteiger partial charge in [0.2, 0.25) is 11.8 Å². The van der Waals surface area contributed by atoms with Crippen LogP contribution in [0.5, 0.6) is 0 Å². The van der Waals surface area contributed by atoms with Gasteiger partial charge in [-0.3, -0.25) is 9.59 Å². The Bertz CT molecular complexity index is 1420. The van der Waals surface area contributed by atoms with Crippen LogP contribution in [-0.4, -0.2) is 60.1 Å². The van der Waals surface area contributed by atoms with Gasteiger partial charge in [-0.1, -0.05) is 6.58 Å². The van der Waals surface area contributed by atoms with Crippen LogP contribution in [-0.2, 0) is 9.59 Å². The molecule has 0 spiro atoms. The second kappa shape index (κ2) is 8.09. The van der Waals surface area contributed by atoms with Gasteiger partial charge in [0.25, 0.3) is 0 Å². The van der Waals surface area contributed by atoms with Crippen molar-refractivity contribution >= 4 is 28.4 Å². The van der Waals surface area contributed by atoms with Crippen molar-refractivity contribution < 1.29 is 9.59 Å². The van der Waals surface area contributed by atoms with E-state index >= 15 is 0 Å². The molecule has 4 aromatic heterocycles. The van der Waals surface area contributed by atoms with Gasteiger partial charge in [0.05, 0.1) is 11.7 Å². The van der Waals surface area contributed by atoms with E-state index in [0.29, 0.717) is 18.9 Å². The first-order valence-corrected chi connectivity index (χ1v) is 11.6. The summed E-state index contributed by atoms with van der Waals surface area (Å²) < 4.78 is 1.63. The molecule has 1 unspecified atom stereocenters. The summed E-state index contributed by atoms with van der Waals surface area (Å²) in [5.41, 5.74) is 4.99. The summed E-state index contributed by atoms with van der Waals surface area (Å²) in [6.07, 6.45) is 9.91. The number of aromatic amines is 1. The molecule has 2 aliphatic rings. The van der Waals surface area contributed by atoms with E-state index in [-0.39, 0.29) is 23.9 Å². The zero-order valence-corrected chi connectivity index (χ0v) is 18.6. The number of rotatable bonds is 5. The molecule has 34 heavy (non-hydrogen) atoms. The largest absolute Gasteiger partial charge is 0.352 e. The van der Waals surface area contributed by atoms with E-state index in [4.69, 9.17) is 0 Å². The van der Waals surface area contributed by atoms with Crippen molar-refractivity contribution in [1.82, 2.24) is 35.0 Å². The van der Waals surface area contributed by atoms with Crippen molar-refractivity contribution in [2.45, 2.75) is 43.7 Å². The zero-order valence-electron chi connectivity index (χ0n) is 18.6. The number of nitrogens with one attached hydrogen (secondary N) is 2. The van der Waals surface area contributed by atoms with Crippen LogP contribution in [0.1, 0.15) is 37.3 Å². The number of pyridine rings is 1. The van der Waals surface area contributed by atoms with Crippen LogP contribution in [0.15, 0.2) is 55.5 Å². The van der Waals surface area contributed by atoms with E-state index in [1.807, 2.05) is 24.4 Å². The quantitative estimate of drug-likeness (QED) is 0.450. The molecule has 1 saturated heterocycles. The molecule has 2 amide bonds. The second-order valence-electron chi connectivity index (χ2n) is 9.07. The van der Waals surface area contributed by atoms with E-state index in [9.17, 15) is 9.59 Å². The fraction of sp³-hybridized carbons (Fsp3) is 0.320. The molecule has 0 radical (unpaired) electrons. The van der Waals surface area contributed by atoms with Crippen molar-refractivity contribution in [2.75, 3.05) is 6.54 Å². The molecule has 4 aromatic rings. The Kier molecular flexibility index (Phi) is 4.90. The lowest BCUT2D eigenvalue weighted by molar-refractivity contribution is -0.135. The lowest BCUT2D eigenvalue weighted by Gasteiger charge is -2.36. The minimum Gasteiger partial charge on any atom is -0.352 e. The number of aromatic nitrogens is 5. The van der Waals surface area contributed by atoms with E-state index in [1.54, 1.807) is 21.9 Å². The molecule has 1 aliphatic carbocycles. The third-order valence-corrected chi connectivity index (χ3v) is 7.08. The first kappa shape index (κ1) is 20.6. The molecular formula is C25H25N7O2. The monoisotopic (exact) mass is 455 g/mol. The second-order valence-corrected chi connectivity index (χ2v) is 9.07. The first-order chi connectivity index (χ1) is 16.6. The molecule has 9 heteroatoms. The number of H-pyrrole nitrogens is 1. The third-order valence-electron chi connectivity index (χ3n) is 7.08. The highest BCUT2D eigenvalue weighted by Gasteiger charge is 2.37. The van der Waals surface area contributed by atoms with Crippen LogP contribution >= 0.6 is 0 Å². The van der Waals surface area contributed by atoms with E-state index in [1.165, 1.54) is 6.08 Å². The Morgan fingerprint density at radius 3 is 2.91 bits per heavy atom. The molecule has 1 aliphatic heterocycles. The fourth-order valence-corrected chi connectivity index (χ4v) is 5.25. The van der Waals surface area contributed by atoms with E-state index in [0.717, 1.165) is 52.6 Å². The van der Waals surface area contributed by atoms with E-state index in [2.05, 4.69) is 38.1 Å². The summed E-state index contributed by atoms with van der Waals surface area (Å²) in [5.74, 6) is 0.0957. The fourth-order valence-electron chi connectivity index (χ4n) is 5.25. The minimum absolute atomic E-state index is 0.0570. The predicted octanol–water partition coefficient (Wildman–Crippen LogP) is 2.81. The summed E-state index contributed by atoms with van der Waals surface area (Å²) in [6.45, 7) is 4.16. The van der Waals surface area contributed by atoms with Crippen molar-refractivity contribution in [2.24, 2.45) is 0 Å². The molecule has 2 fully saturated rings. The highest BCUT2D eigenvalue weighted by molar-refractivity contribution is 5.97. The Morgan fingerprint density at radius 2 is 2.06 bits per heavy atom. The van der Waals surface area contributed by atoms with Gasteiger partial charge < -0.3 is 15.2 Å². The van der Waals surface area contributed by atoms with Gasteiger partial charge in [0.15, 0.2) is 0 Å². The standard InChI is InChI=1S/C25H25N7O2/c1-2-23(33)31-10-4-6-22(31)25(34)29-16-11-15(12-16)20-13-18-17(7-9-26-24(18)30-20)19-14-28-32-21(19)5-3-8-27-32/h2-3,5,7-9,13-16,22H,1,4,6,10-12H2,(H,26,30)(H,29,34). The Morgan fingerprint density at radius 1 is 1.18 bits per heavy atom. The number of nitrogens with zero attached hydrogens (tertiary/aromatic N) is 5. The molecule has 1 saturated carbocycles. The van der Waals surface area contributed by atoms with Crippen molar-refractivity contribution in [3.05, 3.63) is 61.2 Å². The van der Waals surface area contributed by atoms with Crippen LogP contribution in [0.4, 0.5) is 0 Å². The van der Waals surface area contributed by atoms with E-state index < -0.39 is 0 Å². The van der Waals surface area contributed by atoms with Crippen LogP contribution < -0.4 is 5.32 Å². The molecule has 9 nitrogen and oxygen atoms in total. The first-order valence-electron chi connectivity index (χ1n) is 11.6. The number of carbonyl (C=O) groups excluding carboxylic acids is 2. The SMILES string of the molecule is C=CC(=O)N1CCCC1C(=O)NC1CC(c2cc3c(-c4cnn5ncccc45)ccnc3[nH]2)C1. The van der Waals surface area contributed by atoms with Gasteiger partial charge in [-0.25, -0.2) is 4.98 Å². The Labute approximate surface area is 195 Å². The van der Waals surface area contributed by atoms with Crippen LogP contribution in [0.25, 0.3) is 27.7 Å². The third kappa shape index (κ3) is 3.35.